The Balaban J connectivity index is 1.04. The predicted molar refractivity (Wildman–Crippen MR) is 169 cm³/mol. The van der Waals surface area contributed by atoms with Gasteiger partial charge < -0.3 is 19.3 Å². The Hall–Kier alpha value is -2.63. The van der Waals surface area contributed by atoms with Gasteiger partial charge in [0, 0.05) is 54.1 Å². The Labute approximate surface area is 270 Å². The first-order valence-corrected chi connectivity index (χ1v) is 16.1. The fourth-order valence-electron chi connectivity index (χ4n) is 5.23. The van der Waals surface area contributed by atoms with Gasteiger partial charge in [-0.25, -0.2) is 0 Å². The summed E-state index contributed by atoms with van der Waals surface area (Å²) in [7, 11) is 0. The monoisotopic (exact) mass is 667 g/mol. The molecule has 0 bridgehead atoms. The van der Waals surface area contributed by atoms with E-state index in [4.69, 9.17) is 32.7 Å². The lowest BCUT2D eigenvalue weighted by atomic mass is 10.1. The minimum atomic E-state index is -4.39. The smallest absolute Gasteiger partial charge is 0.416 e. The maximum Gasteiger partial charge on any atom is 0.416 e. The zero-order valence-electron chi connectivity index (χ0n) is 24.3. The van der Waals surface area contributed by atoms with Crippen molar-refractivity contribution < 1.29 is 27.4 Å². The van der Waals surface area contributed by atoms with Gasteiger partial charge in [0.1, 0.15) is 19.0 Å². The Morgan fingerprint density at radius 3 is 2.34 bits per heavy atom. The number of esters is 1. The van der Waals surface area contributed by atoms with Crippen LogP contribution in [0, 0.1) is 5.92 Å². The number of alkyl halides is 3. The van der Waals surface area contributed by atoms with Crippen LogP contribution in [0.3, 0.4) is 0 Å². The van der Waals surface area contributed by atoms with Crippen LogP contribution in [0.5, 0.6) is 5.75 Å². The maximum absolute atomic E-state index is 13.5. The van der Waals surface area contributed by atoms with Gasteiger partial charge in [0.2, 0.25) is 0 Å². The molecule has 3 aromatic carbocycles. The van der Waals surface area contributed by atoms with Gasteiger partial charge >= 0.3 is 12.1 Å². The third-order valence-electron chi connectivity index (χ3n) is 7.71. The van der Waals surface area contributed by atoms with Crippen LogP contribution in [0.25, 0.3) is 0 Å². The van der Waals surface area contributed by atoms with Crippen molar-refractivity contribution in [3.8, 4) is 5.75 Å². The second-order valence-corrected chi connectivity index (χ2v) is 12.8. The molecule has 0 amide bonds. The second-order valence-electron chi connectivity index (χ2n) is 10.9. The summed E-state index contributed by atoms with van der Waals surface area (Å²) >= 11 is 13.5. The summed E-state index contributed by atoms with van der Waals surface area (Å²) < 4.78 is 51.6. The van der Waals surface area contributed by atoms with Crippen molar-refractivity contribution in [1.29, 1.82) is 0 Å². The van der Waals surface area contributed by atoms with E-state index in [0.29, 0.717) is 41.2 Å². The van der Waals surface area contributed by atoms with E-state index >= 15 is 0 Å². The van der Waals surface area contributed by atoms with Gasteiger partial charge in [-0.05, 0) is 68.4 Å². The van der Waals surface area contributed by atoms with Crippen LogP contribution < -0.4 is 9.64 Å². The van der Waals surface area contributed by atoms with E-state index in [1.165, 1.54) is 17.8 Å². The minimum Gasteiger partial charge on any atom is -0.491 e. The normalized spacial score (nSPS) is 16.3. The third kappa shape index (κ3) is 8.34. The van der Waals surface area contributed by atoms with E-state index in [2.05, 4.69) is 9.80 Å². The summed E-state index contributed by atoms with van der Waals surface area (Å²) in [5, 5.41) is 0.897. The molecule has 0 aromatic heterocycles. The molecule has 1 fully saturated rings. The fraction of sp³-hybridized carbons (Fsp3) is 0.406. The number of carbonyl (C=O) groups excluding carboxylic acids is 1. The lowest BCUT2D eigenvalue weighted by Gasteiger charge is -2.36. The van der Waals surface area contributed by atoms with Crippen LogP contribution in [0.15, 0.2) is 70.5 Å². The molecule has 0 radical (unpaired) electrons. The molecule has 2 aliphatic rings. The Morgan fingerprint density at radius 1 is 0.909 bits per heavy atom. The maximum atomic E-state index is 13.5. The molecule has 3 aromatic rings. The number of piperazine rings is 1. The van der Waals surface area contributed by atoms with E-state index < -0.39 is 17.7 Å². The molecule has 0 aliphatic carbocycles. The number of anilines is 2. The Bertz CT molecular complexity index is 1450. The molecule has 0 N–H and O–H groups in total. The van der Waals surface area contributed by atoms with Gasteiger partial charge in [-0.1, -0.05) is 47.1 Å². The average molecular weight is 669 g/mol. The highest BCUT2D eigenvalue weighted by Gasteiger charge is 2.33. The number of carbonyl (C=O) groups is 1. The highest BCUT2D eigenvalue weighted by Crippen LogP contribution is 2.49. The molecule has 2 heterocycles. The summed E-state index contributed by atoms with van der Waals surface area (Å²) in [6.07, 6.45) is -3.58. The van der Waals surface area contributed by atoms with Gasteiger partial charge in [0.05, 0.1) is 27.9 Å². The number of rotatable bonds is 11. The summed E-state index contributed by atoms with van der Waals surface area (Å²) in [4.78, 5) is 21.0. The van der Waals surface area contributed by atoms with E-state index in [-0.39, 0.29) is 12.6 Å². The molecule has 1 unspecified atom stereocenters. The number of ether oxygens (including phenoxy) is 2. The van der Waals surface area contributed by atoms with Crippen molar-refractivity contribution in [3.63, 3.8) is 0 Å². The van der Waals surface area contributed by atoms with Crippen LogP contribution in [0.4, 0.5) is 24.5 Å². The van der Waals surface area contributed by atoms with Gasteiger partial charge in [-0.3, -0.25) is 9.69 Å². The number of hydrogen-bond acceptors (Lipinski definition) is 7. The number of benzene rings is 3. The van der Waals surface area contributed by atoms with Gasteiger partial charge in [0.15, 0.2) is 0 Å². The topological polar surface area (TPSA) is 45.3 Å². The van der Waals surface area contributed by atoms with Crippen molar-refractivity contribution in [2.45, 2.75) is 29.3 Å². The quantitative estimate of drug-likeness (QED) is 0.193. The van der Waals surface area contributed by atoms with Crippen LogP contribution in [0.1, 0.15) is 18.9 Å². The third-order valence-corrected chi connectivity index (χ3v) is 9.37. The standard InChI is InChI=1S/C32H34Cl2F3N3O3S/c1-22(21-43-28-9-8-24(33)20-25(28)34)31(41)42-18-17-39-15-13-38(14-16-39)11-4-12-40-26-5-2-3-6-29(26)44-30-10-7-23(19-27(30)40)32(35,36)37/h2-3,5-10,19-20,22H,4,11-18,21H2,1H3. The van der Waals surface area contributed by atoms with Gasteiger partial charge in [-0.2, -0.15) is 13.2 Å². The van der Waals surface area contributed by atoms with Crippen LogP contribution in [-0.4, -0.2) is 74.8 Å². The van der Waals surface area contributed by atoms with E-state index in [9.17, 15) is 18.0 Å². The van der Waals surface area contributed by atoms with Crippen molar-refractivity contribution in [2.24, 2.45) is 5.92 Å². The number of hydrogen-bond donors (Lipinski definition) is 0. The zero-order valence-corrected chi connectivity index (χ0v) is 26.6. The average Bonchev–Trinajstić information content (AvgIpc) is 3.00. The molecule has 236 valence electrons. The molecule has 44 heavy (non-hydrogen) atoms. The van der Waals surface area contributed by atoms with Crippen molar-refractivity contribution >= 4 is 52.3 Å². The number of para-hydroxylation sites is 1. The molecule has 5 rings (SSSR count). The summed E-state index contributed by atoms with van der Waals surface area (Å²) in [5.41, 5.74) is 0.921. The van der Waals surface area contributed by atoms with Crippen LogP contribution >= 0.6 is 35.0 Å². The predicted octanol–water partition coefficient (Wildman–Crippen LogP) is 7.88. The molecular weight excluding hydrogens is 634 g/mol. The molecule has 1 saturated heterocycles. The Morgan fingerprint density at radius 2 is 1.61 bits per heavy atom. The molecule has 6 nitrogen and oxygen atoms in total. The molecule has 0 saturated carbocycles. The zero-order chi connectivity index (χ0) is 31.3. The molecule has 2 aliphatic heterocycles. The lowest BCUT2D eigenvalue weighted by molar-refractivity contribution is -0.149. The van der Waals surface area contributed by atoms with Crippen molar-refractivity contribution in [2.75, 3.05) is 63.9 Å². The van der Waals surface area contributed by atoms with Gasteiger partial charge in [-0.15, -0.1) is 0 Å². The van der Waals surface area contributed by atoms with Crippen molar-refractivity contribution in [1.82, 2.24) is 9.80 Å². The lowest BCUT2D eigenvalue weighted by Crippen LogP contribution is -2.47. The first-order valence-electron chi connectivity index (χ1n) is 14.5. The summed E-state index contributed by atoms with van der Waals surface area (Å²) in [5.74, 6) is -0.305. The number of fused-ring (bicyclic) bond motifs is 2. The number of nitrogens with zero attached hydrogens (tertiary/aromatic N) is 3. The van der Waals surface area contributed by atoms with E-state index in [1.807, 2.05) is 29.2 Å². The Kier molecular flexibility index (Phi) is 10.9. The highest BCUT2D eigenvalue weighted by atomic mass is 35.5. The van der Waals surface area contributed by atoms with E-state index in [0.717, 1.165) is 60.7 Å². The first kappa shape index (κ1) is 32.8. The number of halogens is 5. The molecule has 0 spiro atoms. The largest absolute Gasteiger partial charge is 0.491 e. The van der Waals surface area contributed by atoms with Crippen molar-refractivity contribution in [3.05, 3.63) is 76.3 Å². The first-order chi connectivity index (χ1) is 21.1. The van der Waals surface area contributed by atoms with Crippen LogP contribution in [0.2, 0.25) is 10.0 Å². The summed E-state index contributed by atoms with van der Waals surface area (Å²) in [6.45, 7) is 7.77. The van der Waals surface area contributed by atoms with Gasteiger partial charge in [0.25, 0.3) is 0 Å². The van der Waals surface area contributed by atoms with E-state index in [1.54, 1.807) is 31.2 Å². The molecule has 1 atom stereocenters. The highest BCUT2D eigenvalue weighted by molar-refractivity contribution is 7.99. The molecular formula is C32H34Cl2F3N3O3S. The molecule has 12 heteroatoms. The summed E-state index contributed by atoms with van der Waals surface area (Å²) in [6, 6.07) is 16.8. The SMILES string of the molecule is CC(COc1ccc(Cl)cc1Cl)C(=O)OCCN1CCN(CCCN2c3ccccc3Sc3ccc(C(F)(F)F)cc32)CC1. The van der Waals surface area contributed by atoms with Crippen LogP contribution in [-0.2, 0) is 15.7 Å². The second kappa shape index (κ2) is 14.6. The fourth-order valence-corrected chi connectivity index (χ4v) is 6.77. The minimum absolute atomic E-state index is 0.149.